The molecule has 0 aliphatic heterocycles. The minimum absolute atomic E-state index is 0.0136. The van der Waals surface area contributed by atoms with Gasteiger partial charge in [-0.05, 0) is 25.0 Å². The van der Waals surface area contributed by atoms with Crippen LogP contribution in [0.1, 0.15) is 12.5 Å². The van der Waals surface area contributed by atoms with Crippen LogP contribution in [0.5, 0.6) is 5.75 Å². The fourth-order valence-corrected chi connectivity index (χ4v) is 2.16. The highest BCUT2D eigenvalue weighted by molar-refractivity contribution is 5.69. The third kappa shape index (κ3) is 5.19. The molecule has 1 unspecified atom stereocenters. The van der Waals surface area contributed by atoms with Crippen LogP contribution in [0.3, 0.4) is 0 Å². The Labute approximate surface area is 120 Å². The maximum absolute atomic E-state index is 10.9. The first kappa shape index (κ1) is 16.5. The molecule has 1 rings (SSSR count). The van der Waals surface area contributed by atoms with Crippen LogP contribution < -0.4 is 4.74 Å². The second kappa shape index (κ2) is 8.55. The molecule has 0 bridgehead atoms. The molecule has 0 heterocycles. The minimum atomic E-state index is -0.826. The summed E-state index contributed by atoms with van der Waals surface area (Å²) in [4.78, 5) is 12.8. The topological polar surface area (TPSA) is 59.0 Å². The van der Waals surface area contributed by atoms with Gasteiger partial charge in [-0.15, -0.1) is 0 Å². The first-order chi connectivity index (χ1) is 9.58. The van der Waals surface area contributed by atoms with Gasteiger partial charge >= 0.3 is 5.97 Å². The van der Waals surface area contributed by atoms with Crippen LogP contribution in [0, 0.1) is 0 Å². The van der Waals surface area contributed by atoms with Gasteiger partial charge < -0.3 is 14.6 Å². The zero-order chi connectivity index (χ0) is 15.0. The summed E-state index contributed by atoms with van der Waals surface area (Å²) in [5, 5.41) is 8.99. The second-order valence-electron chi connectivity index (χ2n) is 4.72. The smallest absolute Gasteiger partial charge is 0.317 e. The normalized spacial score (nSPS) is 12.4. The standard InChI is InChI=1S/C15H23NO4/c1-12(16(8-9-19-2)11-15(17)18)10-13-6-4-5-7-14(13)20-3/h4-7,12H,8-11H2,1-3H3,(H,17,18). The van der Waals surface area contributed by atoms with Crippen LogP contribution >= 0.6 is 0 Å². The van der Waals surface area contributed by atoms with Crippen LogP contribution in [0.15, 0.2) is 24.3 Å². The monoisotopic (exact) mass is 281 g/mol. The summed E-state index contributed by atoms with van der Waals surface area (Å²) in [7, 11) is 3.26. The third-order valence-corrected chi connectivity index (χ3v) is 3.25. The van der Waals surface area contributed by atoms with Gasteiger partial charge in [0.1, 0.15) is 5.75 Å². The molecule has 5 nitrogen and oxygen atoms in total. The molecule has 0 aliphatic carbocycles. The lowest BCUT2D eigenvalue weighted by Gasteiger charge is -2.27. The zero-order valence-electron chi connectivity index (χ0n) is 12.3. The van der Waals surface area contributed by atoms with Crippen molar-refractivity contribution in [1.82, 2.24) is 4.90 Å². The summed E-state index contributed by atoms with van der Waals surface area (Å²) in [5.41, 5.74) is 1.08. The number of benzene rings is 1. The molecule has 0 aromatic heterocycles. The van der Waals surface area contributed by atoms with E-state index in [2.05, 4.69) is 0 Å². The fraction of sp³-hybridized carbons (Fsp3) is 0.533. The van der Waals surface area contributed by atoms with E-state index in [0.717, 1.165) is 17.7 Å². The molecule has 20 heavy (non-hydrogen) atoms. The van der Waals surface area contributed by atoms with Gasteiger partial charge in [-0.25, -0.2) is 0 Å². The SMILES string of the molecule is COCCN(CC(=O)O)C(C)Cc1ccccc1OC. The van der Waals surface area contributed by atoms with E-state index in [4.69, 9.17) is 14.6 Å². The molecular weight excluding hydrogens is 258 g/mol. The second-order valence-corrected chi connectivity index (χ2v) is 4.72. The van der Waals surface area contributed by atoms with Gasteiger partial charge in [0, 0.05) is 19.7 Å². The van der Waals surface area contributed by atoms with E-state index in [0.29, 0.717) is 13.2 Å². The van der Waals surface area contributed by atoms with Crippen molar-refractivity contribution < 1.29 is 19.4 Å². The third-order valence-electron chi connectivity index (χ3n) is 3.25. The molecule has 0 spiro atoms. The summed E-state index contributed by atoms with van der Waals surface area (Å²) in [6.07, 6.45) is 0.737. The fourth-order valence-electron chi connectivity index (χ4n) is 2.16. The number of methoxy groups -OCH3 is 2. The predicted octanol–water partition coefficient (Wildman–Crippen LogP) is 1.66. The summed E-state index contributed by atoms with van der Waals surface area (Å²) in [6, 6.07) is 7.90. The van der Waals surface area contributed by atoms with Gasteiger partial charge in [0.25, 0.3) is 0 Å². The number of para-hydroxylation sites is 1. The molecule has 5 heteroatoms. The van der Waals surface area contributed by atoms with Gasteiger partial charge in [-0.1, -0.05) is 18.2 Å². The highest BCUT2D eigenvalue weighted by Gasteiger charge is 2.18. The van der Waals surface area contributed by atoms with Crippen molar-refractivity contribution in [3.05, 3.63) is 29.8 Å². The van der Waals surface area contributed by atoms with Gasteiger partial charge in [-0.2, -0.15) is 0 Å². The highest BCUT2D eigenvalue weighted by atomic mass is 16.5. The van der Waals surface area contributed by atoms with Gasteiger partial charge in [-0.3, -0.25) is 9.69 Å². The van der Waals surface area contributed by atoms with Crippen LogP contribution in [-0.4, -0.2) is 55.9 Å². The van der Waals surface area contributed by atoms with Gasteiger partial charge in [0.2, 0.25) is 0 Å². The van der Waals surface area contributed by atoms with E-state index < -0.39 is 5.97 Å². The number of carboxylic acid groups (broad SMARTS) is 1. The molecule has 0 radical (unpaired) electrons. The molecule has 1 aromatic rings. The van der Waals surface area contributed by atoms with Crippen molar-refractivity contribution in [3.8, 4) is 5.75 Å². The Morgan fingerprint density at radius 1 is 1.35 bits per heavy atom. The van der Waals surface area contributed by atoms with E-state index in [1.54, 1.807) is 14.2 Å². The lowest BCUT2D eigenvalue weighted by molar-refractivity contribution is -0.139. The Hall–Kier alpha value is -1.59. The number of carbonyl (C=O) groups is 1. The van der Waals surface area contributed by atoms with Crippen LogP contribution in [-0.2, 0) is 16.0 Å². The number of carboxylic acids is 1. The lowest BCUT2D eigenvalue weighted by atomic mass is 10.0. The van der Waals surface area contributed by atoms with Gasteiger partial charge in [0.05, 0.1) is 20.3 Å². The van der Waals surface area contributed by atoms with Crippen LogP contribution in [0.2, 0.25) is 0 Å². The molecule has 112 valence electrons. The number of rotatable bonds is 9. The Balaban J connectivity index is 2.73. The van der Waals surface area contributed by atoms with Crippen molar-refractivity contribution in [2.75, 3.05) is 33.9 Å². The van der Waals surface area contributed by atoms with Gasteiger partial charge in [0.15, 0.2) is 0 Å². The van der Waals surface area contributed by atoms with E-state index in [-0.39, 0.29) is 12.6 Å². The molecule has 1 atom stereocenters. The maximum atomic E-state index is 10.9. The zero-order valence-corrected chi connectivity index (χ0v) is 12.3. The van der Waals surface area contributed by atoms with E-state index in [1.807, 2.05) is 36.1 Å². The Kier molecular flexibility index (Phi) is 7.04. The van der Waals surface area contributed by atoms with Crippen molar-refractivity contribution in [2.24, 2.45) is 0 Å². The Morgan fingerprint density at radius 3 is 2.65 bits per heavy atom. The molecule has 0 amide bonds. The number of aliphatic carboxylic acids is 1. The van der Waals surface area contributed by atoms with Crippen molar-refractivity contribution in [3.63, 3.8) is 0 Å². The summed E-state index contributed by atoms with van der Waals surface area (Å²) < 4.78 is 10.4. The lowest BCUT2D eigenvalue weighted by Crippen LogP contribution is -2.40. The molecular formula is C15H23NO4. The average molecular weight is 281 g/mol. The Bertz CT molecular complexity index is 422. The number of ether oxygens (including phenoxy) is 2. The van der Waals surface area contributed by atoms with Crippen molar-refractivity contribution in [2.45, 2.75) is 19.4 Å². The number of nitrogens with zero attached hydrogens (tertiary/aromatic N) is 1. The summed E-state index contributed by atoms with van der Waals surface area (Å²) >= 11 is 0. The molecule has 0 fully saturated rings. The molecule has 1 aromatic carbocycles. The van der Waals surface area contributed by atoms with Crippen molar-refractivity contribution >= 4 is 5.97 Å². The van der Waals surface area contributed by atoms with Crippen molar-refractivity contribution in [1.29, 1.82) is 0 Å². The van der Waals surface area contributed by atoms with E-state index in [9.17, 15) is 4.79 Å². The van der Waals surface area contributed by atoms with E-state index >= 15 is 0 Å². The summed E-state index contributed by atoms with van der Waals surface area (Å²) in [5.74, 6) is 0.00865. The quantitative estimate of drug-likeness (QED) is 0.746. The number of hydrogen-bond acceptors (Lipinski definition) is 4. The Morgan fingerprint density at radius 2 is 2.05 bits per heavy atom. The van der Waals surface area contributed by atoms with E-state index in [1.165, 1.54) is 0 Å². The van der Waals surface area contributed by atoms with Crippen LogP contribution in [0.4, 0.5) is 0 Å². The average Bonchev–Trinajstić information content (AvgIpc) is 2.43. The molecule has 0 saturated carbocycles. The largest absolute Gasteiger partial charge is 0.496 e. The molecule has 1 N–H and O–H groups in total. The minimum Gasteiger partial charge on any atom is -0.496 e. The summed E-state index contributed by atoms with van der Waals surface area (Å²) in [6.45, 7) is 3.15. The molecule has 0 saturated heterocycles. The first-order valence-corrected chi connectivity index (χ1v) is 6.65. The highest BCUT2D eigenvalue weighted by Crippen LogP contribution is 2.20. The maximum Gasteiger partial charge on any atom is 0.317 e. The molecule has 0 aliphatic rings. The van der Waals surface area contributed by atoms with Crippen LogP contribution in [0.25, 0.3) is 0 Å². The number of hydrogen-bond donors (Lipinski definition) is 1. The first-order valence-electron chi connectivity index (χ1n) is 6.65. The predicted molar refractivity (Wildman–Crippen MR) is 77.2 cm³/mol.